The van der Waals surface area contributed by atoms with Gasteiger partial charge in [0.05, 0.1) is 17.1 Å². The largest absolute Gasteiger partial charge is 0.490 e. The monoisotopic (exact) mass is 472 g/mol. The molecule has 0 aromatic heterocycles. The molecule has 34 heavy (non-hydrogen) atoms. The number of hydrogen-bond acceptors (Lipinski definition) is 7. The van der Waals surface area contributed by atoms with Crippen LogP contribution in [0.5, 0.6) is 11.5 Å². The maximum Gasteiger partial charge on any atom is 0.410 e. The first kappa shape index (κ1) is 25.3. The molecule has 0 bridgehead atoms. The van der Waals surface area contributed by atoms with E-state index in [1.54, 1.807) is 36.3 Å². The Morgan fingerprint density at radius 2 is 1.71 bits per heavy atom. The molecule has 1 aliphatic rings. The van der Waals surface area contributed by atoms with E-state index in [1.807, 2.05) is 32.9 Å². The van der Waals surface area contributed by atoms with Gasteiger partial charge in [-0.05, 0) is 50.6 Å². The van der Waals surface area contributed by atoms with Crippen molar-refractivity contribution in [2.24, 2.45) is 0 Å². The number of carbonyl (C=O) groups is 1. The highest BCUT2D eigenvalue weighted by atomic mass is 16.6. The van der Waals surface area contributed by atoms with Crippen molar-refractivity contribution < 1.29 is 28.7 Å². The quantitative estimate of drug-likeness (QED) is 0.389. The summed E-state index contributed by atoms with van der Waals surface area (Å²) in [6.45, 7) is 7.05. The summed E-state index contributed by atoms with van der Waals surface area (Å²) in [7, 11) is 1.55. The van der Waals surface area contributed by atoms with Crippen LogP contribution in [0.25, 0.3) is 0 Å². The first-order valence-corrected chi connectivity index (χ1v) is 11.3. The Kier molecular flexibility index (Phi) is 8.33. The topological polar surface area (TPSA) is 100 Å². The Balaban J connectivity index is 1.53. The summed E-state index contributed by atoms with van der Waals surface area (Å²) >= 11 is 0. The molecular formula is C25H32N2O7. The summed E-state index contributed by atoms with van der Waals surface area (Å²) in [5.74, 6) is 1.28. The molecule has 1 fully saturated rings. The van der Waals surface area contributed by atoms with Crippen LogP contribution in [0, 0.1) is 10.1 Å². The van der Waals surface area contributed by atoms with E-state index in [4.69, 9.17) is 18.9 Å². The molecule has 0 saturated carbocycles. The molecular weight excluding hydrogens is 440 g/mol. The van der Waals surface area contributed by atoms with Gasteiger partial charge in [0, 0.05) is 39.1 Å². The molecule has 0 atom stereocenters. The van der Waals surface area contributed by atoms with Gasteiger partial charge in [-0.2, -0.15) is 0 Å². The first-order chi connectivity index (χ1) is 16.2. The Morgan fingerprint density at radius 1 is 1.06 bits per heavy atom. The minimum absolute atomic E-state index is 0.00669. The standard InChI is InChI=1S/C25H32N2O7/c1-25(2,3)34-24(28)26-14-12-21(13-15-26)33-20-10-8-19(9-11-20)32-17-22-18(16-31-4)6-5-7-23(22)27(29)30/h5-11,21H,12-17H2,1-4H3. The zero-order valence-electron chi connectivity index (χ0n) is 20.1. The Bertz CT molecular complexity index is 978. The number of rotatable bonds is 8. The molecule has 0 radical (unpaired) electrons. The molecule has 1 amide bonds. The zero-order chi connectivity index (χ0) is 24.7. The lowest BCUT2D eigenvalue weighted by Crippen LogP contribution is -2.44. The number of nitro benzene ring substituents is 1. The van der Waals surface area contributed by atoms with Crippen molar-refractivity contribution in [1.82, 2.24) is 4.90 Å². The van der Waals surface area contributed by atoms with E-state index >= 15 is 0 Å². The number of piperidine rings is 1. The molecule has 0 N–H and O–H groups in total. The third-order valence-electron chi connectivity index (χ3n) is 5.35. The highest BCUT2D eigenvalue weighted by Crippen LogP contribution is 2.27. The smallest absolute Gasteiger partial charge is 0.410 e. The number of hydrogen-bond donors (Lipinski definition) is 0. The van der Waals surface area contributed by atoms with Crippen molar-refractivity contribution in [1.29, 1.82) is 0 Å². The van der Waals surface area contributed by atoms with Gasteiger partial charge in [0.15, 0.2) is 0 Å². The molecule has 3 rings (SSSR count). The predicted octanol–water partition coefficient (Wildman–Crippen LogP) is 5.10. The molecule has 1 heterocycles. The third kappa shape index (κ3) is 7.08. The van der Waals surface area contributed by atoms with Gasteiger partial charge in [0.2, 0.25) is 0 Å². The highest BCUT2D eigenvalue weighted by Gasteiger charge is 2.27. The number of nitro groups is 1. The normalized spacial score (nSPS) is 14.5. The van der Waals surface area contributed by atoms with Crippen LogP contribution in [0.3, 0.4) is 0 Å². The number of ether oxygens (including phenoxy) is 4. The summed E-state index contributed by atoms with van der Waals surface area (Å²) in [6, 6.07) is 12.1. The van der Waals surface area contributed by atoms with E-state index in [-0.39, 0.29) is 31.1 Å². The van der Waals surface area contributed by atoms with Crippen LogP contribution in [0.1, 0.15) is 44.7 Å². The first-order valence-electron chi connectivity index (χ1n) is 11.3. The van der Waals surface area contributed by atoms with E-state index in [0.29, 0.717) is 30.2 Å². The fraction of sp³-hybridized carbons (Fsp3) is 0.480. The van der Waals surface area contributed by atoms with E-state index < -0.39 is 10.5 Å². The van der Waals surface area contributed by atoms with Crippen molar-refractivity contribution >= 4 is 11.8 Å². The van der Waals surface area contributed by atoms with Gasteiger partial charge < -0.3 is 23.8 Å². The van der Waals surface area contributed by atoms with Crippen molar-refractivity contribution in [3.8, 4) is 11.5 Å². The summed E-state index contributed by atoms with van der Waals surface area (Å²) < 4.78 is 22.5. The Labute approximate surface area is 199 Å². The minimum Gasteiger partial charge on any atom is -0.490 e. The van der Waals surface area contributed by atoms with Gasteiger partial charge in [-0.1, -0.05) is 12.1 Å². The van der Waals surface area contributed by atoms with E-state index in [1.165, 1.54) is 6.07 Å². The lowest BCUT2D eigenvalue weighted by atomic mass is 10.1. The number of carbonyl (C=O) groups excluding carboxylic acids is 1. The molecule has 0 aliphatic carbocycles. The molecule has 0 unspecified atom stereocenters. The van der Waals surface area contributed by atoms with Crippen LogP contribution in [0.15, 0.2) is 42.5 Å². The van der Waals surface area contributed by atoms with Crippen LogP contribution in [0.2, 0.25) is 0 Å². The van der Waals surface area contributed by atoms with Gasteiger partial charge >= 0.3 is 6.09 Å². The number of nitrogens with zero attached hydrogens (tertiary/aromatic N) is 2. The average Bonchev–Trinajstić information content (AvgIpc) is 2.78. The Morgan fingerprint density at radius 3 is 2.29 bits per heavy atom. The summed E-state index contributed by atoms with van der Waals surface area (Å²) in [5.41, 5.74) is 0.707. The predicted molar refractivity (Wildman–Crippen MR) is 126 cm³/mol. The summed E-state index contributed by atoms with van der Waals surface area (Å²) in [4.78, 5) is 24.9. The third-order valence-corrected chi connectivity index (χ3v) is 5.35. The molecule has 184 valence electrons. The van der Waals surface area contributed by atoms with E-state index in [9.17, 15) is 14.9 Å². The zero-order valence-corrected chi connectivity index (χ0v) is 20.1. The van der Waals surface area contributed by atoms with Gasteiger partial charge in [-0.15, -0.1) is 0 Å². The van der Waals surface area contributed by atoms with Crippen LogP contribution >= 0.6 is 0 Å². The van der Waals surface area contributed by atoms with Gasteiger partial charge in [-0.25, -0.2) is 4.79 Å². The maximum atomic E-state index is 12.2. The molecule has 2 aromatic rings. The van der Waals surface area contributed by atoms with Crippen molar-refractivity contribution in [2.45, 2.75) is 58.5 Å². The minimum atomic E-state index is -0.509. The number of benzene rings is 2. The fourth-order valence-electron chi connectivity index (χ4n) is 3.69. The number of amides is 1. The fourth-order valence-corrected chi connectivity index (χ4v) is 3.69. The summed E-state index contributed by atoms with van der Waals surface area (Å²) in [5, 5.41) is 11.4. The molecule has 1 aliphatic heterocycles. The van der Waals surface area contributed by atoms with Gasteiger partial charge in [0.1, 0.15) is 29.8 Å². The van der Waals surface area contributed by atoms with E-state index in [2.05, 4.69) is 0 Å². The van der Waals surface area contributed by atoms with Crippen LogP contribution in [-0.4, -0.2) is 47.8 Å². The van der Waals surface area contributed by atoms with E-state index in [0.717, 1.165) is 18.4 Å². The number of likely N-dealkylation sites (tertiary alicyclic amines) is 1. The van der Waals surface area contributed by atoms with Crippen molar-refractivity contribution in [2.75, 3.05) is 20.2 Å². The molecule has 9 nitrogen and oxygen atoms in total. The van der Waals surface area contributed by atoms with Crippen molar-refractivity contribution in [3.63, 3.8) is 0 Å². The second-order valence-corrected chi connectivity index (χ2v) is 9.15. The molecule has 9 heteroatoms. The van der Waals surface area contributed by atoms with Crippen LogP contribution < -0.4 is 9.47 Å². The molecule has 2 aromatic carbocycles. The number of methoxy groups -OCH3 is 1. The van der Waals surface area contributed by atoms with Gasteiger partial charge in [0.25, 0.3) is 5.69 Å². The Hall–Kier alpha value is -3.33. The van der Waals surface area contributed by atoms with Crippen LogP contribution in [-0.2, 0) is 22.7 Å². The second-order valence-electron chi connectivity index (χ2n) is 9.15. The second kappa shape index (κ2) is 11.2. The lowest BCUT2D eigenvalue weighted by molar-refractivity contribution is -0.385. The molecule has 0 spiro atoms. The molecule has 1 saturated heterocycles. The lowest BCUT2D eigenvalue weighted by Gasteiger charge is -2.33. The average molecular weight is 473 g/mol. The highest BCUT2D eigenvalue weighted by molar-refractivity contribution is 5.68. The maximum absolute atomic E-state index is 12.2. The van der Waals surface area contributed by atoms with Crippen LogP contribution in [0.4, 0.5) is 10.5 Å². The van der Waals surface area contributed by atoms with Crippen molar-refractivity contribution in [3.05, 3.63) is 63.7 Å². The van der Waals surface area contributed by atoms with Gasteiger partial charge in [-0.3, -0.25) is 10.1 Å². The SMILES string of the molecule is COCc1cccc([N+](=O)[O-])c1COc1ccc(OC2CCN(C(=O)OC(C)(C)C)CC2)cc1. The summed E-state index contributed by atoms with van der Waals surface area (Å²) in [6.07, 6.45) is 1.16.